The van der Waals surface area contributed by atoms with Gasteiger partial charge in [0.05, 0.1) is 5.54 Å². The molecule has 1 heterocycles. The van der Waals surface area contributed by atoms with Crippen molar-refractivity contribution in [3.8, 4) is 5.75 Å². The molecule has 2 N–H and O–H groups in total. The second-order valence-corrected chi connectivity index (χ2v) is 5.10. The number of anilines is 1. The normalized spacial score (nSPS) is 23.7. The molecular formula is C14H20N2O2. The van der Waals surface area contributed by atoms with Crippen LogP contribution in [0.1, 0.15) is 26.2 Å². The minimum Gasteiger partial charge on any atom is -0.508 e. The molecule has 0 aromatic heterocycles. The van der Waals surface area contributed by atoms with Crippen LogP contribution in [0.4, 0.5) is 5.69 Å². The molecule has 1 aromatic rings. The van der Waals surface area contributed by atoms with Gasteiger partial charge in [-0.05, 0) is 57.0 Å². The first kappa shape index (κ1) is 12.9. The van der Waals surface area contributed by atoms with Gasteiger partial charge in [-0.15, -0.1) is 0 Å². The number of nitrogens with one attached hydrogen (secondary N) is 1. The highest BCUT2D eigenvalue weighted by Gasteiger charge is 2.36. The Bertz CT molecular complexity index is 422. The maximum absolute atomic E-state index is 12.5. The molecule has 0 spiro atoms. The van der Waals surface area contributed by atoms with E-state index in [1.54, 1.807) is 36.2 Å². The molecule has 0 bridgehead atoms. The SMILES string of the molecule is CN(C(=O)C1(C)CCCCN1)c1ccc(O)cc1. The lowest BCUT2D eigenvalue weighted by Crippen LogP contribution is -2.57. The molecule has 4 heteroatoms. The van der Waals surface area contributed by atoms with E-state index in [2.05, 4.69) is 5.32 Å². The molecule has 0 saturated carbocycles. The van der Waals surface area contributed by atoms with Gasteiger partial charge < -0.3 is 15.3 Å². The van der Waals surface area contributed by atoms with Crippen molar-refractivity contribution in [2.45, 2.75) is 31.7 Å². The molecule has 1 unspecified atom stereocenters. The number of phenolic OH excluding ortho intramolecular Hbond substituents is 1. The molecule has 4 nitrogen and oxygen atoms in total. The number of hydrogen-bond acceptors (Lipinski definition) is 3. The molecular weight excluding hydrogens is 228 g/mol. The highest BCUT2D eigenvalue weighted by atomic mass is 16.3. The van der Waals surface area contributed by atoms with E-state index in [-0.39, 0.29) is 11.7 Å². The number of piperidine rings is 1. The summed E-state index contributed by atoms with van der Waals surface area (Å²) in [6, 6.07) is 6.68. The van der Waals surface area contributed by atoms with E-state index in [1.807, 2.05) is 6.92 Å². The molecule has 1 aliphatic rings. The third-order valence-electron chi connectivity index (χ3n) is 3.63. The molecule has 1 aliphatic heterocycles. The molecule has 1 saturated heterocycles. The molecule has 2 rings (SSSR count). The van der Waals surface area contributed by atoms with Gasteiger partial charge in [-0.1, -0.05) is 0 Å². The molecule has 1 aromatic carbocycles. The maximum Gasteiger partial charge on any atom is 0.246 e. The van der Waals surface area contributed by atoms with E-state index in [0.717, 1.165) is 31.5 Å². The standard InChI is InChI=1S/C14H20N2O2/c1-14(9-3-4-10-15-14)13(18)16(2)11-5-7-12(17)8-6-11/h5-8,15,17H,3-4,9-10H2,1-2H3. The summed E-state index contributed by atoms with van der Waals surface area (Å²) in [5, 5.41) is 12.6. The molecule has 0 aliphatic carbocycles. The van der Waals surface area contributed by atoms with Crippen molar-refractivity contribution in [2.24, 2.45) is 0 Å². The number of hydrogen-bond donors (Lipinski definition) is 2. The number of carbonyl (C=O) groups is 1. The number of rotatable bonds is 2. The predicted octanol–water partition coefficient (Wildman–Crippen LogP) is 1.89. The Hall–Kier alpha value is -1.55. The monoisotopic (exact) mass is 248 g/mol. The van der Waals surface area contributed by atoms with Gasteiger partial charge >= 0.3 is 0 Å². The van der Waals surface area contributed by atoms with Crippen LogP contribution < -0.4 is 10.2 Å². The van der Waals surface area contributed by atoms with Gasteiger partial charge in [0.1, 0.15) is 5.75 Å². The van der Waals surface area contributed by atoms with E-state index in [0.29, 0.717) is 0 Å². The van der Waals surface area contributed by atoms with Crippen LogP contribution in [0.5, 0.6) is 5.75 Å². The molecule has 18 heavy (non-hydrogen) atoms. The van der Waals surface area contributed by atoms with Crippen LogP contribution in [0.15, 0.2) is 24.3 Å². The van der Waals surface area contributed by atoms with Crippen molar-refractivity contribution in [2.75, 3.05) is 18.5 Å². The fourth-order valence-electron chi connectivity index (χ4n) is 2.40. The van der Waals surface area contributed by atoms with E-state index in [4.69, 9.17) is 0 Å². The van der Waals surface area contributed by atoms with Gasteiger partial charge in [0.15, 0.2) is 0 Å². The molecule has 1 atom stereocenters. The predicted molar refractivity (Wildman–Crippen MR) is 71.8 cm³/mol. The summed E-state index contributed by atoms with van der Waals surface area (Å²) in [5.41, 5.74) is 0.330. The van der Waals surface area contributed by atoms with Crippen molar-refractivity contribution < 1.29 is 9.90 Å². The minimum atomic E-state index is -0.467. The topological polar surface area (TPSA) is 52.6 Å². The first-order valence-electron chi connectivity index (χ1n) is 6.35. The number of benzene rings is 1. The Morgan fingerprint density at radius 3 is 2.56 bits per heavy atom. The van der Waals surface area contributed by atoms with Crippen LogP contribution in [0.2, 0.25) is 0 Å². The van der Waals surface area contributed by atoms with E-state index < -0.39 is 5.54 Å². The zero-order chi connectivity index (χ0) is 13.2. The van der Waals surface area contributed by atoms with Gasteiger partial charge in [-0.2, -0.15) is 0 Å². The van der Waals surface area contributed by atoms with E-state index >= 15 is 0 Å². The summed E-state index contributed by atoms with van der Waals surface area (Å²) in [6.45, 7) is 2.86. The number of amides is 1. The van der Waals surface area contributed by atoms with Crippen molar-refractivity contribution in [3.63, 3.8) is 0 Å². The van der Waals surface area contributed by atoms with Gasteiger partial charge in [-0.3, -0.25) is 4.79 Å². The quantitative estimate of drug-likeness (QED) is 0.840. The van der Waals surface area contributed by atoms with Gasteiger partial charge in [-0.25, -0.2) is 0 Å². The third kappa shape index (κ3) is 2.48. The van der Waals surface area contributed by atoms with Crippen molar-refractivity contribution in [3.05, 3.63) is 24.3 Å². The zero-order valence-electron chi connectivity index (χ0n) is 10.9. The number of nitrogens with zero attached hydrogens (tertiary/aromatic N) is 1. The number of likely N-dealkylation sites (N-methyl/N-ethyl adjacent to an activating group) is 1. The Kier molecular flexibility index (Phi) is 3.57. The highest BCUT2D eigenvalue weighted by molar-refractivity contribution is 5.99. The van der Waals surface area contributed by atoms with Crippen molar-refractivity contribution in [1.29, 1.82) is 0 Å². The smallest absolute Gasteiger partial charge is 0.246 e. The van der Waals surface area contributed by atoms with Crippen molar-refractivity contribution >= 4 is 11.6 Å². The lowest BCUT2D eigenvalue weighted by molar-refractivity contribution is -0.124. The fraction of sp³-hybridized carbons (Fsp3) is 0.500. The minimum absolute atomic E-state index is 0.0767. The van der Waals surface area contributed by atoms with Crippen molar-refractivity contribution in [1.82, 2.24) is 5.32 Å². The third-order valence-corrected chi connectivity index (χ3v) is 3.63. The Morgan fingerprint density at radius 2 is 2.00 bits per heavy atom. The lowest BCUT2D eigenvalue weighted by Gasteiger charge is -2.36. The summed E-state index contributed by atoms with van der Waals surface area (Å²) >= 11 is 0. The van der Waals surface area contributed by atoms with Gasteiger partial charge in [0.25, 0.3) is 0 Å². The second-order valence-electron chi connectivity index (χ2n) is 5.10. The van der Waals surface area contributed by atoms with E-state index in [1.165, 1.54) is 0 Å². The lowest BCUT2D eigenvalue weighted by atomic mass is 9.89. The molecule has 98 valence electrons. The summed E-state index contributed by atoms with van der Waals surface area (Å²) in [5.74, 6) is 0.287. The summed E-state index contributed by atoms with van der Waals surface area (Å²) in [6.07, 6.45) is 3.08. The first-order chi connectivity index (χ1) is 8.53. The van der Waals surface area contributed by atoms with E-state index in [9.17, 15) is 9.90 Å². The maximum atomic E-state index is 12.5. The van der Waals surface area contributed by atoms with Crippen LogP contribution in [0.25, 0.3) is 0 Å². The molecule has 0 radical (unpaired) electrons. The Morgan fingerprint density at radius 1 is 1.33 bits per heavy atom. The highest BCUT2D eigenvalue weighted by Crippen LogP contribution is 2.24. The van der Waals surface area contributed by atoms with Crippen LogP contribution in [-0.4, -0.2) is 30.1 Å². The fourth-order valence-corrected chi connectivity index (χ4v) is 2.40. The summed E-state index contributed by atoms with van der Waals surface area (Å²) in [4.78, 5) is 14.2. The Labute approximate surface area is 108 Å². The molecule has 1 fully saturated rings. The largest absolute Gasteiger partial charge is 0.508 e. The second kappa shape index (κ2) is 4.98. The number of aromatic hydroxyl groups is 1. The number of phenols is 1. The Balaban J connectivity index is 2.15. The average Bonchev–Trinajstić information content (AvgIpc) is 2.39. The van der Waals surface area contributed by atoms with Gasteiger partial charge in [0.2, 0.25) is 5.91 Å². The first-order valence-corrected chi connectivity index (χ1v) is 6.35. The number of carbonyl (C=O) groups excluding carboxylic acids is 1. The van der Waals surface area contributed by atoms with Crippen LogP contribution >= 0.6 is 0 Å². The van der Waals surface area contributed by atoms with Crippen LogP contribution in [-0.2, 0) is 4.79 Å². The zero-order valence-corrected chi connectivity index (χ0v) is 10.9. The van der Waals surface area contributed by atoms with Crippen LogP contribution in [0, 0.1) is 0 Å². The summed E-state index contributed by atoms with van der Waals surface area (Å²) in [7, 11) is 1.77. The molecule has 1 amide bonds. The van der Waals surface area contributed by atoms with Crippen LogP contribution in [0.3, 0.4) is 0 Å². The van der Waals surface area contributed by atoms with Gasteiger partial charge in [0, 0.05) is 12.7 Å². The average molecular weight is 248 g/mol. The summed E-state index contributed by atoms with van der Waals surface area (Å²) < 4.78 is 0.